The zero-order valence-corrected chi connectivity index (χ0v) is 14.0. The van der Waals surface area contributed by atoms with Crippen LogP contribution in [0.25, 0.3) is 0 Å². The Kier molecular flexibility index (Phi) is 5.69. The first kappa shape index (κ1) is 17.4. The summed E-state index contributed by atoms with van der Waals surface area (Å²) in [7, 11) is 1.42. The molecule has 1 aliphatic heterocycles. The van der Waals surface area contributed by atoms with Gasteiger partial charge >= 0.3 is 0 Å². The van der Waals surface area contributed by atoms with Crippen molar-refractivity contribution in [1.82, 2.24) is 9.80 Å². The van der Waals surface area contributed by atoms with Crippen LogP contribution in [0.1, 0.15) is 16.8 Å². The van der Waals surface area contributed by atoms with Gasteiger partial charge in [0.1, 0.15) is 12.0 Å². The number of ether oxygens (including phenoxy) is 1. The van der Waals surface area contributed by atoms with Crippen molar-refractivity contribution in [3.8, 4) is 11.8 Å². The summed E-state index contributed by atoms with van der Waals surface area (Å²) in [6.07, 6.45) is -0.151. The lowest BCUT2D eigenvalue weighted by atomic mass is 10.1. The Hall–Kier alpha value is -1.97. The molecule has 8 heteroatoms. The molecule has 0 spiro atoms. The molecule has 1 fully saturated rings. The van der Waals surface area contributed by atoms with Crippen LogP contribution in [0.2, 0.25) is 10.0 Å². The molecule has 0 aliphatic carbocycles. The maximum atomic E-state index is 12.7. The predicted octanol–water partition coefficient (Wildman–Crippen LogP) is 2.20. The van der Waals surface area contributed by atoms with Crippen LogP contribution in [0.3, 0.4) is 0 Å². The third-order valence-corrected chi connectivity index (χ3v) is 4.24. The fourth-order valence-corrected chi connectivity index (χ4v) is 2.89. The van der Waals surface area contributed by atoms with E-state index in [9.17, 15) is 9.59 Å². The molecule has 0 atom stereocenters. The van der Waals surface area contributed by atoms with Gasteiger partial charge in [-0.1, -0.05) is 23.2 Å². The molecule has 2 amide bonds. The van der Waals surface area contributed by atoms with Crippen molar-refractivity contribution in [2.75, 3.05) is 33.3 Å². The van der Waals surface area contributed by atoms with Gasteiger partial charge in [0, 0.05) is 26.2 Å². The molecule has 6 nitrogen and oxygen atoms in total. The Morgan fingerprint density at radius 2 is 1.74 bits per heavy atom. The van der Waals surface area contributed by atoms with Gasteiger partial charge in [0.05, 0.1) is 23.2 Å². The van der Waals surface area contributed by atoms with E-state index in [2.05, 4.69) is 0 Å². The van der Waals surface area contributed by atoms with Gasteiger partial charge in [-0.05, 0) is 12.1 Å². The fourth-order valence-electron chi connectivity index (χ4n) is 2.43. The second kappa shape index (κ2) is 7.53. The molecule has 1 heterocycles. The molecule has 0 unspecified atom stereocenters. The molecule has 1 saturated heterocycles. The number of benzene rings is 1. The number of methoxy groups -OCH3 is 1. The molecular weight excluding hydrogens is 341 g/mol. The van der Waals surface area contributed by atoms with Crippen molar-refractivity contribution >= 4 is 35.0 Å². The largest absolute Gasteiger partial charge is 0.494 e. The van der Waals surface area contributed by atoms with Gasteiger partial charge in [-0.25, -0.2) is 0 Å². The molecule has 1 aromatic carbocycles. The summed E-state index contributed by atoms with van der Waals surface area (Å²) in [5.41, 5.74) is 0.221. The van der Waals surface area contributed by atoms with Crippen LogP contribution < -0.4 is 4.74 Å². The summed E-state index contributed by atoms with van der Waals surface area (Å²) in [4.78, 5) is 27.6. The monoisotopic (exact) mass is 355 g/mol. The minimum absolute atomic E-state index is 0.151. The average molecular weight is 356 g/mol. The Morgan fingerprint density at radius 3 is 2.30 bits per heavy atom. The van der Waals surface area contributed by atoms with E-state index in [-0.39, 0.29) is 34.6 Å². The first-order valence-corrected chi connectivity index (χ1v) is 7.71. The smallest absolute Gasteiger partial charge is 0.259 e. The van der Waals surface area contributed by atoms with Crippen molar-refractivity contribution in [2.24, 2.45) is 0 Å². The lowest BCUT2D eigenvalue weighted by Gasteiger charge is -2.34. The van der Waals surface area contributed by atoms with Gasteiger partial charge in [-0.3, -0.25) is 9.59 Å². The number of hydrogen-bond donors (Lipinski definition) is 0. The molecule has 0 bridgehead atoms. The molecule has 122 valence electrons. The third kappa shape index (κ3) is 3.69. The zero-order valence-electron chi connectivity index (χ0n) is 12.5. The van der Waals surface area contributed by atoms with Crippen molar-refractivity contribution in [1.29, 1.82) is 5.26 Å². The fraction of sp³-hybridized carbons (Fsp3) is 0.400. The molecule has 0 aromatic heterocycles. The maximum absolute atomic E-state index is 12.7. The van der Waals surface area contributed by atoms with Crippen LogP contribution in [0.4, 0.5) is 0 Å². The topological polar surface area (TPSA) is 73.6 Å². The Bertz CT molecular complexity index is 665. The SMILES string of the molecule is COc1c(Cl)ccc(Cl)c1C(=O)N1CCN(C(=O)CC#N)CC1. The van der Waals surface area contributed by atoms with E-state index in [1.807, 2.05) is 6.07 Å². The molecule has 0 radical (unpaired) electrons. The highest BCUT2D eigenvalue weighted by Crippen LogP contribution is 2.34. The third-order valence-electron chi connectivity index (χ3n) is 3.63. The van der Waals surface area contributed by atoms with Gasteiger partial charge in [0.25, 0.3) is 5.91 Å². The minimum Gasteiger partial charge on any atom is -0.494 e. The summed E-state index contributed by atoms with van der Waals surface area (Å²) < 4.78 is 5.20. The minimum atomic E-state index is -0.290. The first-order chi connectivity index (χ1) is 11.0. The van der Waals surface area contributed by atoms with Crippen LogP contribution in [0.15, 0.2) is 12.1 Å². The molecular formula is C15H15Cl2N3O3. The van der Waals surface area contributed by atoms with Gasteiger partial charge in [0.2, 0.25) is 5.91 Å². The quantitative estimate of drug-likeness (QED) is 0.832. The van der Waals surface area contributed by atoms with E-state index < -0.39 is 0 Å². The standard InChI is InChI=1S/C15H15Cl2N3O3/c1-23-14-11(17)3-2-10(16)13(14)15(22)20-8-6-19(7-9-20)12(21)4-5-18/h2-3H,4,6-9H2,1H3. The molecule has 23 heavy (non-hydrogen) atoms. The highest BCUT2D eigenvalue weighted by molar-refractivity contribution is 6.37. The van der Waals surface area contributed by atoms with Gasteiger partial charge in [-0.2, -0.15) is 5.26 Å². The Morgan fingerprint density at radius 1 is 1.17 bits per heavy atom. The van der Waals surface area contributed by atoms with Crippen LogP contribution in [-0.4, -0.2) is 54.9 Å². The highest BCUT2D eigenvalue weighted by atomic mass is 35.5. The Labute approximate surface area is 144 Å². The van der Waals surface area contributed by atoms with Gasteiger partial charge < -0.3 is 14.5 Å². The summed E-state index contributed by atoms with van der Waals surface area (Å²) in [6, 6.07) is 4.95. The van der Waals surface area contributed by atoms with E-state index in [0.717, 1.165) is 0 Å². The number of halogens is 2. The summed E-state index contributed by atoms with van der Waals surface area (Å²) in [6.45, 7) is 1.49. The lowest BCUT2D eigenvalue weighted by molar-refractivity contribution is -0.131. The first-order valence-electron chi connectivity index (χ1n) is 6.95. The van der Waals surface area contributed by atoms with E-state index in [1.165, 1.54) is 7.11 Å². The number of carbonyl (C=O) groups is 2. The number of nitrogens with zero attached hydrogens (tertiary/aromatic N) is 3. The maximum Gasteiger partial charge on any atom is 0.259 e. The van der Waals surface area contributed by atoms with E-state index in [4.69, 9.17) is 33.2 Å². The average Bonchev–Trinajstić information content (AvgIpc) is 2.56. The van der Waals surface area contributed by atoms with Crippen molar-refractivity contribution in [3.05, 3.63) is 27.7 Å². The Balaban J connectivity index is 2.14. The van der Waals surface area contributed by atoms with E-state index in [0.29, 0.717) is 31.2 Å². The number of nitriles is 1. The van der Waals surface area contributed by atoms with Crippen LogP contribution in [-0.2, 0) is 4.79 Å². The number of hydrogen-bond acceptors (Lipinski definition) is 4. The molecule has 0 N–H and O–H groups in total. The summed E-state index contributed by atoms with van der Waals surface area (Å²) >= 11 is 12.2. The molecule has 2 rings (SSSR count). The van der Waals surface area contributed by atoms with Gasteiger partial charge in [-0.15, -0.1) is 0 Å². The lowest BCUT2D eigenvalue weighted by Crippen LogP contribution is -2.50. The number of rotatable bonds is 3. The summed E-state index contributed by atoms with van der Waals surface area (Å²) in [5.74, 6) is -0.271. The number of piperazine rings is 1. The predicted molar refractivity (Wildman–Crippen MR) is 85.7 cm³/mol. The molecule has 1 aliphatic rings. The zero-order chi connectivity index (χ0) is 17.0. The molecule has 0 saturated carbocycles. The number of amides is 2. The van der Waals surface area contributed by atoms with Gasteiger partial charge in [0.15, 0.2) is 5.75 Å². The van der Waals surface area contributed by atoms with Crippen molar-refractivity contribution in [2.45, 2.75) is 6.42 Å². The highest BCUT2D eigenvalue weighted by Gasteiger charge is 2.28. The second-order valence-corrected chi connectivity index (χ2v) is 5.76. The van der Waals surface area contributed by atoms with Crippen LogP contribution >= 0.6 is 23.2 Å². The summed E-state index contributed by atoms with van der Waals surface area (Å²) in [5, 5.41) is 9.14. The molecule has 1 aromatic rings. The van der Waals surface area contributed by atoms with Crippen molar-refractivity contribution < 1.29 is 14.3 Å². The van der Waals surface area contributed by atoms with E-state index >= 15 is 0 Å². The van der Waals surface area contributed by atoms with E-state index in [1.54, 1.807) is 21.9 Å². The van der Waals surface area contributed by atoms with Crippen LogP contribution in [0.5, 0.6) is 5.75 Å². The second-order valence-electron chi connectivity index (χ2n) is 4.95. The normalized spacial score (nSPS) is 14.3. The van der Waals surface area contributed by atoms with Crippen LogP contribution in [0, 0.1) is 11.3 Å². The number of carbonyl (C=O) groups excluding carboxylic acids is 2. The van der Waals surface area contributed by atoms with Crippen molar-refractivity contribution in [3.63, 3.8) is 0 Å².